The summed E-state index contributed by atoms with van der Waals surface area (Å²) in [7, 11) is 25.5. The van der Waals surface area contributed by atoms with E-state index in [9.17, 15) is 0 Å². The number of benzene rings is 6. The van der Waals surface area contributed by atoms with Gasteiger partial charge in [-0.2, -0.15) is 0 Å². The van der Waals surface area contributed by atoms with Gasteiger partial charge in [-0.05, 0) is 327 Å². The monoisotopic (exact) mass is 1350 g/mol. The summed E-state index contributed by atoms with van der Waals surface area (Å²) < 4.78 is 24.8. The van der Waals surface area contributed by atoms with E-state index >= 15 is 0 Å². The molecule has 100 heavy (non-hydrogen) atoms. The fourth-order valence-corrected chi connectivity index (χ4v) is 12.1. The molecule has 0 fully saturated rings. The van der Waals surface area contributed by atoms with Crippen molar-refractivity contribution in [2.24, 2.45) is 0 Å². The molecule has 0 aliphatic carbocycles. The summed E-state index contributed by atoms with van der Waals surface area (Å²) >= 11 is 0. The number of rotatable bonds is 18. The predicted molar refractivity (Wildman–Crippen MR) is 430 cm³/mol. The van der Waals surface area contributed by atoms with Crippen molar-refractivity contribution in [3.05, 3.63) is 204 Å². The number of nitrogens with zero attached hydrogens (tertiary/aromatic N) is 12. The van der Waals surface area contributed by atoms with E-state index in [-0.39, 0.29) is 0 Å². The fraction of sp³-hybridized carbons (Fsp3) is 0.442. The van der Waals surface area contributed by atoms with Crippen LogP contribution in [-0.2, 0) is 39.3 Å². The quantitative estimate of drug-likeness (QED) is 0.0842. The minimum absolute atomic E-state index is 0.329. The van der Waals surface area contributed by atoms with Crippen LogP contribution in [0.4, 0.5) is 0 Å². The highest BCUT2D eigenvalue weighted by molar-refractivity contribution is 5.86. The Morgan fingerprint density at radius 3 is 0.730 bits per heavy atom. The maximum absolute atomic E-state index is 5.44. The molecular formula is C86H122N12O2. The van der Waals surface area contributed by atoms with Crippen LogP contribution in [0.3, 0.4) is 0 Å². The zero-order valence-electron chi connectivity index (χ0n) is 65.7. The Kier molecular flexibility index (Phi) is 27.2. The summed E-state index contributed by atoms with van der Waals surface area (Å²) in [6.07, 6.45) is 13.1. The van der Waals surface area contributed by atoms with Crippen molar-refractivity contribution in [1.29, 1.82) is 0 Å². The standard InChI is InChI=1S/2C15H22N2.C14H18N2O2.3C14H20N2/c2*1-11-8-14-6-7-17(10-13(3)16(4)5)15(14)9-12(11)2;1-10(15(2)3)8-16-5-4-11-6-13-14(7-12(11)16)18-9-17-13;3*1-11-5-6-14-13(9-11)7-8-16(14)10-12(2)15(3)4/h2*6-9,13H,10H2,1-5H3;4-7,10H,8-9H2,1-3H3;3*5-9,12H,10H2,1-4H3/t2*13-;10-;3*12-/m100110/s1. The number of fused-ring (bicyclic) bond motifs is 7. The second kappa shape index (κ2) is 35.0. The molecular weight excluding hydrogens is 1230 g/mol. The molecule has 1 aliphatic heterocycles. The van der Waals surface area contributed by atoms with Crippen molar-refractivity contribution in [3.63, 3.8) is 0 Å². The Hall–Kier alpha value is -8.08. The van der Waals surface area contributed by atoms with E-state index in [4.69, 9.17) is 9.47 Å². The van der Waals surface area contributed by atoms with Crippen molar-refractivity contribution < 1.29 is 9.47 Å². The Bertz CT molecular complexity index is 4240. The lowest BCUT2D eigenvalue weighted by molar-refractivity contribution is 0.174. The summed E-state index contributed by atoms with van der Waals surface area (Å²) in [4.78, 5) is 13.5. The number of likely N-dealkylation sites (N-methyl/N-ethyl adjacent to an activating group) is 6. The predicted octanol–water partition coefficient (Wildman–Crippen LogP) is 17.4. The molecule has 0 N–H and O–H groups in total. The van der Waals surface area contributed by atoms with Gasteiger partial charge < -0.3 is 66.3 Å². The van der Waals surface area contributed by atoms with Gasteiger partial charge in [0.2, 0.25) is 6.79 Å². The average molecular weight is 1360 g/mol. The SMILES string of the molecule is C[C@@H](Cn1ccc2cc3c(cc21)OCO3)N(C)C.Cc1cc2ccn(C[C@@H](C)N(C)C)c2cc1C.Cc1cc2ccn(C[C@H](C)N(C)C)c2cc1C.Cc1ccc2c(ccn2C[C@@H](C)N(C)C)c1.Cc1ccc2c(ccn2C[C@@H](C)N(C)C)c1.Cc1ccc2c(ccn2C[C@H](C)N(C)C)c1. The van der Waals surface area contributed by atoms with Crippen LogP contribution in [0.25, 0.3) is 65.4 Å². The van der Waals surface area contributed by atoms with Crippen molar-refractivity contribution in [1.82, 2.24) is 56.8 Å². The third kappa shape index (κ3) is 20.3. The van der Waals surface area contributed by atoms with E-state index in [1.807, 2.05) is 0 Å². The molecule has 0 saturated heterocycles. The molecule has 14 nitrogen and oxygen atoms in total. The minimum atomic E-state index is 0.329. The second-order valence-corrected chi connectivity index (χ2v) is 30.1. The number of hydrogen-bond acceptors (Lipinski definition) is 8. The summed E-state index contributed by atoms with van der Waals surface area (Å²) in [5, 5.41) is 7.91. The highest BCUT2D eigenvalue weighted by Crippen LogP contribution is 2.37. The Balaban J connectivity index is 0.000000153. The van der Waals surface area contributed by atoms with Gasteiger partial charge in [-0.15, -0.1) is 0 Å². The molecule has 7 heterocycles. The number of hydrogen-bond donors (Lipinski definition) is 0. The second-order valence-electron chi connectivity index (χ2n) is 30.1. The van der Waals surface area contributed by atoms with Crippen LogP contribution in [0.5, 0.6) is 11.5 Å². The van der Waals surface area contributed by atoms with E-state index in [1.54, 1.807) is 0 Å². The molecule has 1 aliphatic rings. The van der Waals surface area contributed by atoms with Crippen LogP contribution in [0.1, 0.15) is 80.5 Å². The average Bonchev–Trinajstić information content (AvgIpc) is 1.65. The van der Waals surface area contributed by atoms with E-state index in [2.05, 4.69) is 396 Å². The zero-order chi connectivity index (χ0) is 73.0. The molecule has 6 aromatic carbocycles. The van der Waals surface area contributed by atoms with Crippen molar-refractivity contribution in [2.75, 3.05) is 91.4 Å². The fourth-order valence-electron chi connectivity index (χ4n) is 12.1. The van der Waals surface area contributed by atoms with E-state index in [1.165, 1.54) is 104 Å². The highest BCUT2D eigenvalue weighted by Gasteiger charge is 2.18. The first-order valence-electron chi connectivity index (χ1n) is 36.0. The summed E-state index contributed by atoms with van der Waals surface area (Å²) in [6.45, 7) is 35.1. The van der Waals surface area contributed by atoms with Crippen molar-refractivity contribution in [2.45, 2.75) is 166 Å². The van der Waals surface area contributed by atoms with Gasteiger partial charge >= 0.3 is 0 Å². The Morgan fingerprint density at radius 2 is 0.470 bits per heavy atom. The van der Waals surface area contributed by atoms with Crippen molar-refractivity contribution in [3.8, 4) is 11.5 Å². The Labute approximate surface area is 600 Å². The van der Waals surface area contributed by atoms with E-state index in [0.29, 0.717) is 43.0 Å². The van der Waals surface area contributed by atoms with Gasteiger partial charge in [0.05, 0.1) is 5.52 Å². The largest absolute Gasteiger partial charge is 0.454 e. The van der Waals surface area contributed by atoms with Crippen molar-refractivity contribution >= 4 is 65.4 Å². The third-order valence-electron chi connectivity index (χ3n) is 20.9. The van der Waals surface area contributed by atoms with Crippen LogP contribution in [0, 0.1) is 48.5 Å². The first-order valence-corrected chi connectivity index (χ1v) is 36.0. The first-order chi connectivity index (χ1) is 47.3. The van der Waals surface area contributed by atoms with E-state index < -0.39 is 0 Å². The minimum Gasteiger partial charge on any atom is -0.454 e. The van der Waals surface area contributed by atoms with E-state index in [0.717, 1.165) is 50.8 Å². The molecule has 14 heteroatoms. The highest BCUT2D eigenvalue weighted by atomic mass is 16.7. The smallest absolute Gasteiger partial charge is 0.231 e. The lowest BCUT2D eigenvalue weighted by Crippen LogP contribution is -2.28. The molecule has 0 radical (unpaired) electrons. The molecule has 13 rings (SSSR count). The lowest BCUT2D eigenvalue weighted by atomic mass is 10.1. The maximum atomic E-state index is 5.44. The maximum Gasteiger partial charge on any atom is 0.231 e. The molecule has 0 unspecified atom stereocenters. The first kappa shape index (κ1) is 77.7. The molecule has 0 amide bonds. The topological polar surface area (TPSA) is 67.5 Å². The van der Waals surface area contributed by atoms with Crippen LogP contribution in [-0.4, -0.2) is 184 Å². The van der Waals surface area contributed by atoms with Gasteiger partial charge in [-0.3, -0.25) is 0 Å². The van der Waals surface area contributed by atoms with Gasteiger partial charge in [0, 0.05) is 152 Å². The normalized spacial score (nSPS) is 13.9. The molecule has 6 aromatic heterocycles. The lowest BCUT2D eigenvalue weighted by Gasteiger charge is -2.21. The van der Waals surface area contributed by atoms with Gasteiger partial charge in [0.15, 0.2) is 11.5 Å². The van der Waals surface area contributed by atoms with Crippen LogP contribution < -0.4 is 9.47 Å². The number of ether oxygens (including phenoxy) is 2. The molecule has 0 bridgehead atoms. The molecule has 0 spiro atoms. The van der Waals surface area contributed by atoms with Gasteiger partial charge in [-0.1, -0.05) is 34.9 Å². The Morgan fingerprint density at radius 1 is 0.260 bits per heavy atom. The molecule has 6 atom stereocenters. The molecule has 0 saturated carbocycles. The van der Waals surface area contributed by atoms with Crippen LogP contribution >= 0.6 is 0 Å². The van der Waals surface area contributed by atoms with Gasteiger partial charge in [-0.25, -0.2) is 0 Å². The van der Waals surface area contributed by atoms with Gasteiger partial charge in [0.25, 0.3) is 0 Å². The van der Waals surface area contributed by atoms with Crippen LogP contribution in [0.2, 0.25) is 0 Å². The molecule has 12 aromatic rings. The zero-order valence-corrected chi connectivity index (χ0v) is 65.7. The van der Waals surface area contributed by atoms with Gasteiger partial charge in [0.1, 0.15) is 0 Å². The number of aryl methyl sites for hydroxylation is 7. The summed E-state index contributed by atoms with van der Waals surface area (Å²) in [5.41, 5.74) is 17.4. The summed E-state index contributed by atoms with van der Waals surface area (Å²) in [5.74, 6) is 1.70. The van der Waals surface area contributed by atoms with Crippen LogP contribution in [0.15, 0.2) is 165 Å². The summed E-state index contributed by atoms with van der Waals surface area (Å²) in [6, 6.07) is 49.6. The third-order valence-corrected chi connectivity index (χ3v) is 20.9. The molecule has 538 valence electrons. The number of aromatic nitrogens is 6.